The van der Waals surface area contributed by atoms with Gasteiger partial charge in [-0.05, 0) is 12.8 Å². The summed E-state index contributed by atoms with van der Waals surface area (Å²) in [6.07, 6.45) is 0.233. The van der Waals surface area contributed by atoms with Crippen LogP contribution in [0.5, 0.6) is 0 Å². The van der Waals surface area contributed by atoms with Crippen LogP contribution in [0.25, 0.3) is 0 Å². The monoisotopic (exact) mass is 219 g/mol. The van der Waals surface area contributed by atoms with Crippen LogP contribution in [0.4, 0.5) is 8.78 Å². The molecular weight excluding hydrogens is 208 g/mol. The Morgan fingerprint density at radius 1 is 1.47 bits per heavy atom. The number of halogens is 2. The second kappa shape index (κ2) is 4.86. The van der Waals surface area contributed by atoms with E-state index in [4.69, 9.17) is 0 Å². The van der Waals surface area contributed by atoms with Crippen LogP contribution in [0.15, 0.2) is 12.2 Å². The van der Waals surface area contributed by atoms with Gasteiger partial charge in [0.2, 0.25) is 0 Å². The van der Waals surface area contributed by atoms with Crippen LogP contribution in [-0.4, -0.2) is 36.5 Å². The summed E-state index contributed by atoms with van der Waals surface area (Å²) in [7, 11) is 1.49. The number of likely N-dealkylation sites (N-methyl/N-ethyl adjacent to an activating group) is 1. The van der Waals surface area contributed by atoms with E-state index in [1.807, 2.05) is 0 Å². The maximum absolute atomic E-state index is 11.6. The van der Waals surface area contributed by atoms with Crippen LogP contribution in [0, 0.1) is 0 Å². The molecule has 0 atom stereocenters. The normalized spacial score (nSPS) is 14.3. The first-order valence-corrected chi connectivity index (χ1v) is 4.47. The van der Waals surface area contributed by atoms with E-state index < -0.39 is 24.6 Å². The van der Waals surface area contributed by atoms with Gasteiger partial charge in [0.05, 0.1) is 0 Å². The predicted octanol–water partition coefficient (Wildman–Crippen LogP) is 0.931. The lowest BCUT2D eigenvalue weighted by Gasteiger charge is -2.14. The highest BCUT2D eigenvalue weighted by Crippen LogP contribution is 2.25. The first-order valence-electron chi connectivity index (χ1n) is 4.47. The number of ether oxygens (including phenoxy) is 1. The summed E-state index contributed by atoms with van der Waals surface area (Å²) in [5.41, 5.74) is 0. The van der Waals surface area contributed by atoms with E-state index in [9.17, 15) is 18.4 Å². The van der Waals surface area contributed by atoms with Gasteiger partial charge < -0.3 is 9.64 Å². The Balaban J connectivity index is 2.32. The second-order valence-corrected chi connectivity index (χ2v) is 3.24. The smallest absolute Gasteiger partial charge is 0.397 e. The molecule has 84 valence electrons. The minimum Gasteiger partial charge on any atom is -0.454 e. The van der Waals surface area contributed by atoms with E-state index in [2.05, 4.69) is 4.74 Å². The molecule has 0 bridgehead atoms. The zero-order valence-electron chi connectivity index (χ0n) is 8.20. The fourth-order valence-corrected chi connectivity index (χ4v) is 1.01. The molecule has 1 aliphatic rings. The summed E-state index contributed by atoms with van der Waals surface area (Å²) in [5, 5.41) is 0. The van der Waals surface area contributed by atoms with Crippen molar-refractivity contribution in [3.63, 3.8) is 0 Å². The molecule has 1 aliphatic carbocycles. The van der Waals surface area contributed by atoms with Crippen LogP contribution in [0.3, 0.4) is 0 Å². The third kappa shape index (κ3) is 3.65. The molecule has 0 aromatic rings. The molecule has 1 saturated carbocycles. The molecule has 0 unspecified atom stereocenters. The molecule has 1 fully saturated rings. The van der Waals surface area contributed by atoms with Gasteiger partial charge in [-0.15, -0.1) is 0 Å². The lowest BCUT2D eigenvalue weighted by Crippen LogP contribution is -2.36. The van der Waals surface area contributed by atoms with Crippen molar-refractivity contribution in [3.8, 4) is 0 Å². The quantitative estimate of drug-likeness (QED) is 0.524. The van der Waals surface area contributed by atoms with Gasteiger partial charge in [-0.2, -0.15) is 8.78 Å². The maximum atomic E-state index is 11.6. The molecule has 0 aromatic heterocycles. The topological polar surface area (TPSA) is 46.6 Å². The SMILES string of the molecule is CN(C(=O)C(=O)OCC=C(F)F)C1CC1. The van der Waals surface area contributed by atoms with Crippen LogP contribution < -0.4 is 0 Å². The lowest BCUT2D eigenvalue weighted by atomic mass is 10.5. The zero-order chi connectivity index (χ0) is 11.4. The fourth-order valence-electron chi connectivity index (χ4n) is 1.01. The first kappa shape index (κ1) is 11.6. The van der Waals surface area contributed by atoms with Gasteiger partial charge in [0.15, 0.2) is 0 Å². The largest absolute Gasteiger partial charge is 0.454 e. The van der Waals surface area contributed by atoms with Crippen molar-refractivity contribution < 1.29 is 23.1 Å². The van der Waals surface area contributed by atoms with Gasteiger partial charge in [-0.3, -0.25) is 4.79 Å². The van der Waals surface area contributed by atoms with E-state index >= 15 is 0 Å². The van der Waals surface area contributed by atoms with E-state index in [-0.39, 0.29) is 6.04 Å². The minimum absolute atomic E-state index is 0.0958. The van der Waals surface area contributed by atoms with Crippen molar-refractivity contribution in [2.45, 2.75) is 18.9 Å². The maximum Gasteiger partial charge on any atom is 0.397 e. The van der Waals surface area contributed by atoms with Crippen LogP contribution in [0.2, 0.25) is 0 Å². The molecule has 0 radical (unpaired) electrons. The number of rotatable bonds is 3. The highest BCUT2D eigenvalue weighted by Gasteiger charge is 2.33. The van der Waals surface area contributed by atoms with Crippen molar-refractivity contribution >= 4 is 11.9 Å². The second-order valence-electron chi connectivity index (χ2n) is 3.24. The standard InChI is InChI=1S/C9H11F2NO3/c1-12(6-2-3-6)8(13)9(14)15-5-4-7(10)11/h4,6H,2-3,5H2,1H3. The molecule has 0 aliphatic heterocycles. The van der Waals surface area contributed by atoms with E-state index in [1.165, 1.54) is 11.9 Å². The van der Waals surface area contributed by atoms with Crippen molar-refractivity contribution in [1.82, 2.24) is 4.90 Å². The van der Waals surface area contributed by atoms with Crippen LogP contribution in [0.1, 0.15) is 12.8 Å². The third-order valence-electron chi connectivity index (χ3n) is 2.04. The van der Waals surface area contributed by atoms with Gasteiger partial charge in [0.1, 0.15) is 6.61 Å². The summed E-state index contributed by atoms with van der Waals surface area (Å²) in [6, 6.07) is 0.0958. The molecule has 0 saturated heterocycles. The third-order valence-corrected chi connectivity index (χ3v) is 2.04. The molecule has 15 heavy (non-hydrogen) atoms. The molecule has 0 aromatic carbocycles. The summed E-state index contributed by atoms with van der Waals surface area (Å²) >= 11 is 0. The van der Waals surface area contributed by atoms with Gasteiger partial charge in [-0.1, -0.05) is 0 Å². The molecular formula is C9H11F2NO3. The van der Waals surface area contributed by atoms with Crippen molar-refractivity contribution in [2.75, 3.05) is 13.7 Å². The Morgan fingerprint density at radius 3 is 2.53 bits per heavy atom. The molecule has 1 rings (SSSR count). The van der Waals surface area contributed by atoms with E-state index in [0.29, 0.717) is 6.08 Å². The zero-order valence-corrected chi connectivity index (χ0v) is 8.20. The van der Waals surface area contributed by atoms with Crippen molar-refractivity contribution in [2.24, 2.45) is 0 Å². The first-order chi connectivity index (χ1) is 7.02. The number of amides is 1. The summed E-state index contributed by atoms with van der Waals surface area (Å²) in [4.78, 5) is 23.5. The molecule has 0 spiro atoms. The highest BCUT2D eigenvalue weighted by atomic mass is 19.3. The van der Waals surface area contributed by atoms with Gasteiger partial charge in [0.25, 0.3) is 6.08 Å². The van der Waals surface area contributed by atoms with Crippen LogP contribution >= 0.6 is 0 Å². The Kier molecular flexibility index (Phi) is 3.76. The molecule has 4 nitrogen and oxygen atoms in total. The van der Waals surface area contributed by atoms with Gasteiger partial charge in [-0.25, -0.2) is 4.79 Å². The number of esters is 1. The minimum atomic E-state index is -1.94. The van der Waals surface area contributed by atoms with Gasteiger partial charge >= 0.3 is 11.9 Å². The van der Waals surface area contributed by atoms with E-state index in [1.54, 1.807) is 0 Å². The summed E-state index contributed by atoms with van der Waals surface area (Å²) < 4.78 is 27.4. The number of nitrogens with zero attached hydrogens (tertiary/aromatic N) is 1. The molecule has 6 heteroatoms. The number of carbonyl (C=O) groups excluding carboxylic acids is 2. The van der Waals surface area contributed by atoms with Crippen molar-refractivity contribution in [1.29, 1.82) is 0 Å². The molecule has 1 amide bonds. The molecule has 0 N–H and O–H groups in total. The molecule has 0 heterocycles. The Labute approximate surface area is 85.5 Å². The Bertz CT molecular complexity index is 296. The summed E-state index contributed by atoms with van der Waals surface area (Å²) in [6.45, 7) is -0.578. The number of hydrogen-bond donors (Lipinski definition) is 0. The Hall–Kier alpha value is -1.46. The van der Waals surface area contributed by atoms with E-state index in [0.717, 1.165) is 12.8 Å². The lowest BCUT2D eigenvalue weighted by molar-refractivity contribution is -0.158. The fraction of sp³-hybridized carbons (Fsp3) is 0.556. The number of carbonyl (C=O) groups is 2. The average molecular weight is 219 g/mol. The van der Waals surface area contributed by atoms with Crippen LogP contribution in [-0.2, 0) is 14.3 Å². The summed E-state index contributed by atoms with van der Waals surface area (Å²) in [5.74, 6) is -1.88. The Morgan fingerprint density at radius 2 is 2.07 bits per heavy atom. The highest BCUT2D eigenvalue weighted by molar-refractivity contribution is 6.32. The predicted molar refractivity (Wildman–Crippen MR) is 47.1 cm³/mol. The number of hydrogen-bond acceptors (Lipinski definition) is 3. The van der Waals surface area contributed by atoms with Gasteiger partial charge in [0, 0.05) is 19.2 Å². The average Bonchev–Trinajstić information content (AvgIpc) is 2.98. The van der Waals surface area contributed by atoms with Crippen molar-refractivity contribution in [3.05, 3.63) is 12.2 Å².